The van der Waals surface area contributed by atoms with E-state index in [9.17, 15) is 4.39 Å². The molecule has 1 aliphatic heterocycles. The van der Waals surface area contributed by atoms with Crippen molar-refractivity contribution in [3.63, 3.8) is 0 Å². The van der Waals surface area contributed by atoms with Crippen molar-refractivity contribution in [2.24, 2.45) is 0 Å². The van der Waals surface area contributed by atoms with Crippen LogP contribution in [-0.4, -0.2) is 5.75 Å². The third-order valence-electron chi connectivity index (χ3n) is 3.23. The number of anilines is 1. The van der Waals surface area contributed by atoms with Gasteiger partial charge in [-0.15, -0.1) is 11.8 Å². The van der Waals surface area contributed by atoms with Gasteiger partial charge >= 0.3 is 0 Å². The van der Waals surface area contributed by atoms with Crippen LogP contribution in [0.1, 0.15) is 18.0 Å². The van der Waals surface area contributed by atoms with Crippen LogP contribution < -0.4 is 5.32 Å². The van der Waals surface area contributed by atoms with Gasteiger partial charge in [0.1, 0.15) is 5.82 Å². The molecule has 0 aliphatic carbocycles. The van der Waals surface area contributed by atoms with E-state index in [0.29, 0.717) is 0 Å². The highest BCUT2D eigenvalue weighted by atomic mass is 79.9. The summed E-state index contributed by atoms with van der Waals surface area (Å²) in [6.07, 6.45) is 1.00. The van der Waals surface area contributed by atoms with Crippen molar-refractivity contribution in [3.8, 4) is 0 Å². The van der Waals surface area contributed by atoms with E-state index in [-0.39, 0.29) is 11.9 Å². The number of fused-ring (bicyclic) bond motifs is 1. The highest BCUT2D eigenvalue weighted by Gasteiger charge is 2.23. The summed E-state index contributed by atoms with van der Waals surface area (Å²) >= 11 is 5.14. The summed E-state index contributed by atoms with van der Waals surface area (Å²) in [7, 11) is 0. The zero-order valence-corrected chi connectivity index (χ0v) is 12.6. The van der Waals surface area contributed by atoms with Crippen LogP contribution in [0.2, 0.25) is 0 Å². The Morgan fingerprint density at radius 2 is 2.00 bits per heavy atom. The second kappa shape index (κ2) is 5.55. The molecule has 3 rings (SSSR count). The molecule has 0 spiro atoms. The van der Waals surface area contributed by atoms with Gasteiger partial charge < -0.3 is 5.32 Å². The molecular weight excluding hydrogens is 325 g/mol. The van der Waals surface area contributed by atoms with Crippen LogP contribution in [0.5, 0.6) is 0 Å². The van der Waals surface area contributed by atoms with E-state index < -0.39 is 0 Å². The van der Waals surface area contributed by atoms with E-state index in [4.69, 9.17) is 0 Å². The lowest BCUT2D eigenvalue weighted by Crippen LogP contribution is -2.17. The Hall–Kier alpha value is -1.00. The average Bonchev–Trinajstić information content (AvgIpc) is 2.42. The zero-order valence-electron chi connectivity index (χ0n) is 10.2. The SMILES string of the molecule is Fc1cccc2c1SCCC2Nc1ccccc1Br. The van der Waals surface area contributed by atoms with Gasteiger partial charge in [0.25, 0.3) is 0 Å². The first-order valence-corrected chi connectivity index (χ1v) is 7.96. The summed E-state index contributed by atoms with van der Waals surface area (Å²) in [5.41, 5.74) is 2.11. The van der Waals surface area contributed by atoms with E-state index >= 15 is 0 Å². The van der Waals surface area contributed by atoms with Crippen LogP contribution in [0.15, 0.2) is 51.8 Å². The molecule has 0 saturated carbocycles. The van der Waals surface area contributed by atoms with Crippen LogP contribution in [-0.2, 0) is 0 Å². The maximum absolute atomic E-state index is 13.8. The fraction of sp³-hybridized carbons (Fsp3) is 0.200. The summed E-state index contributed by atoms with van der Waals surface area (Å²) < 4.78 is 14.8. The van der Waals surface area contributed by atoms with Crippen LogP contribution in [0, 0.1) is 5.82 Å². The molecule has 98 valence electrons. The van der Waals surface area contributed by atoms with Gasteiger partial charge in [-0.2, -0.15) is 0 Å². The summed E-state index contributed by atoms with van der Waals surface area (Å²) in [4.78, 5) is 0.790. The molecule has 0 saturated heterocycles. The van der Waals surface area contributed by atoms with Crippen molar-refractivity contribution in [3.05, 3.63) is 58.3 Å². The predicted octanol–water partition coefficient (Wildman–Crippen LogP) is 5.24. The molecule has 1 N–H and O–H groups in total. The molecule has 2 aromatic rings. The number of hydrogen-bond acceptors (Lipinski definition) is 2. The van der Waals surface area contributed by atoms with Crippen LogP contribution in [0.4, 0.5) is 10.1 Å². The number of thioether (sulfide) groups is 1. The number of rotatable bonds is 2. The highest BCUT2D eigenvalue weighted by Crippen LogP contribution is 2.40. The summed E-state index contributed by atoms with van der Waals surface area (Å²) in [6, 6.07) is 13.5. The summed E-state index contributed by atoms with van der Waals surface area (Å²) in [5.74, 6) is 0.830. The van der Waals surface area contributed by atoms with Crippen LogP contribution in [0.3, 0.4) is 0 Å². The zero-order chi connectivity index (χ0) is 13.2. The topological polar surface area (TPSA) is 12.0 Å². The normalized spacial score (nSPS) is 17.9. The van der Waals surface area contributed by atoms with Gasteiger partial charge in [0.2, 0.25) is 0 Å². The number of benzene rings is 2. The van der Waals surface area contributed by atoms with Gasteiger partial charge in [-0.3, -0.25) is 0 Å². The molecule has 1 unspecified atom stereocenters. The molecule has 1 heterocycles. The molecule has 0 aromatic heterocycles. The first kappa shape index (κ1) is 13.0. The predicted molar refractivity (Wildman–Crippen MR) is 82.2 cm³/mol. The van der Waals surface area contributed by atoms with Gasteiger partial charge in [0.15, 0.2) is 0 Å². The van der Waals surface area contributed by atoms with Crippen molar-refractivity contribution in [1.82, 2.24) is 0 Å². The first-order chi connectivity index (χ1) is 9.25. The van der Waals surface area contributed by atoms with E-state index in [1.165, 1.54) is 6.07 Å². The Labute approximate surface area is 124 Å². The number of hydrogen-bond donors (Lipinski definition) is 1. The lowest BCUT2D eigenvalue weighted by Gasteiger charge is -2.27. The minimum atomic E-state index is -0.110. The molecule has 0 radical (unpaired) electrons. The Morgan fingerprint density at radius 1 is 1.16 bits per heavy atom. The monoisotopic (exact) mass is 337 g/mol. The molecule has 0 fully saturated rings. The lowest BCUT2D eigenvalue weighted by molar-refractivity contribution is 0.585. The quantitative estimate of drug-likeness (QED) is 0.804. The van der Waals surface area contributed by atoms with Gasteiger partial charge in [-0.05, 0) is 46.1 Å². The van der Waals surface area contributed by atoms with E-state index in [2.05, 4.69) is 21.2 Å². The fourth-order valence-corrected chi connectivity index (χ4v) is 3.84. The van der Waals surface area contributed by atoms with Gasteiger partial charge in [0, 0.05) is 20.8 Å². The standard InChI is InChI=1S/C15H13BrFNS/c16-11-5-1-2-7-14(11)18-13-8-9-19-15-10(13)4-3-6-12(15)17/h1-7,13,18H,8-9H2. The Bertz CT molecular complexity index is 602. The van der Waals surface area contributed by atoms with E-state index in [1.807, 2.05) is 30.3 Å². The van der Waals surface area contributed by atoms with Gasteiger partial charge in [-0.1, -0.05) is 24.3 Å². The second-order valence-corrected chi connectivity index (χ2v) is 6.43. The molecule has 0 bridgehead atoms. The average molecular weight is 338 g/mol. The molecule has 2 aromatic carbocycles. The maximum Gasteiger partial charge on any atom is 0.137 e. The molecule has 1 atom stereocenters. The first-order valence-electron chi connectivity index (χ1n) is 6.18. The smallest absolute Gasteiger partial charge is 0.137 e. The highest BCUT2D eigenvalue weighted by molar-refractivity contribution is 9.10. The van der Waals surface area contributed by atoms with Crippen molar-refractivity contribution in [1.29, 1.82) is 0 Å². The minimum absolute atomic E-state index is 0.110. The Kier molecular flexibility index (Phi) is 3.80. The lowest BCUT2D eigenvalue weighted by atomic mass is 10.0. The maximum atomic E-state index is 13.8. The molecule has 0 amide bonds. The molecular formula is C15H13BrFNS. The third kappa shape index (κ3) is 2.65. The molecule has 1 nitrogen and oxygen atoms in total. The summed E-state index contributed by atoms with van der Waals surface area (Å²) in [6.45, 7) is 0. The number of nitrogens with one attached hydrogen (secondary N) is 1. The molecule has 4 heteroatoms. The van der Waals surface area contributed by atoms with Crippen molar-refractivity contribution >= 4 is 33.4 Å². The van der Waals surface area contributed by atoms with Crippen molar-refractivity contribution in [2.45, 2.75) is 17.4 Å². The van der Waals surface area contributed by atoms with Crippen LogP contribution in [0.25, 0.3) is 0 Å². The molecule has 19 heavy (non-hydrogen) atoms. The van der Waals surface area contributed by atoms with Crippen molar-refractivity contribution < 1.29 is 4.39 Å². The Balaban J connectivity index is 1.92. The number of halogens is 2. The summed E-state index contributed by atoms with van der Waals surface area (Å²) in [5, 5.41) is 3.51. The minimum Gasteiger partial charge on any atom is -0.377 e. The van der Waals surface area contributed by atoms with E-state index in [0.717, 1.165) is 32.8 Å². The number of para-hydroxylation sites is 1. The fourth-order valence-electron chi connectivity index (χ4n) is 2.30. The van der Waals surface area contributed by atoms with Crippen molar-refractivity contribution in [2.75, 3.05) is 11.1 Å². The second-order valence-electron chi connectivity index (χ2n) is 4.47. The van der Waals surface area contributed by atoms with E-state index in [1.54, 1.807) is 17.8 Å². The Morgan fingerprint density at radius 3 is 2.84 bits per heavy atom. The largest absolute Gasteiger partial charge is 0.377 e. The van der Waals surface area contributed by atoms with Gasteiger partial charge in [0.05, 0.1) is 6.04 Å². The van der Waals surface area contributed by atoms with Gasteiger partial charge in [-0.25, -0.2) is 4.39 Å². The third-order valence-corrected chi connectivity index (χ3v) is 5.08. The molecule has 1 aliphatic rings. The van der Waals surface area contributed by atoms with Crippen LogP contribution >= 0.6 is 27.7 Å².